The van der Waals surface area contributed by atoms with Gasteiger partial charge in [0.1, 0.15) is 5.75 Å². The number of aryl methyl sites for hydroxylation is 1. The number of hydrogen-bond acceptors (Lipinski definition) is 4. The lowest BCUT2D eigenvalue weighted by atomic mass is 10.1. The van der Waals surface area contributed by atoms with Crippen LogP contribution in [0.4, 0.5) is 18.9 Å². The Morgan fingerprint density at radius 1 is 1.12 bits per heavy atom. The van der Waals surface area contributed by atoms with Crippen LogP contribution in [0, 0.1) is 6.92 Å². The van der Waals surface area contributed by atoms with Gasteiger partial charge in [0.15, 0.2) is 0 Å². The van der Waals surface area contributed by atoms with Gasteiger partial charge in [-0.05, 0) is 42.8 Å². The van der Waals surface area contributed by atoms with Crippen LogP contribution in [0.2, 0.25) is 0 Å². The van der Waals surface area contributed by atoms with E-state index in [1.54, 1.807) is 0 Å². The van der Waals surface area contributed by atoms with Crippen LogP contribution in [0.1, 0.15) is 15.9 Å². The van der Waals surface area contributed by atoms with Gasteiger partial charge in [-0.25, -0.2) is 13.2 Å². The topological polar surface area (TPSA) is 92.7 Å². The van der Waals surface area contributed by atoms with Crippen molar-refractivity contribution in [1.82, 2.24) is 0 Å². The molecule has 2 aromatic carbocycles. The number of ether oxygens (including phenoxy) is 1. The number of sulfonamides is 1. The summed E-state index contributed by atoms with van der Waals surface area (Å²) in [4.78, 5) is 10.9. The average molecular weight is 375 g/mol. The molecule has 0 amide bonds. The molecule has 0 saturated carbocycles. The van der Waals surface area contributed by atoms with Crippen LogP contribution in [0.25, 0.3) is 0 Å². The molecule has 0 bridgehead atoms. The average Bonchev–Trinajstić information content (AvgIpc) is 2.48. The van der Waals surface area contributed by atoms with Crippen molar-refractivity contribution in [3.05, 3.63) is 53.6 Å². The van der Waals surface area contributed by atoms with E-state index < -0.39 is 28.1 Å². The van der Waals surface area contributed by atoms with Crippen molar-refractivity contribution in [3.63, 3.8) is 0 Å². The molecule has 0 heterocycles. The summed E-state index contributed by atoms with van der Waals surface area (Å²) in [5.41, 5.74) is 0.00622. The highest BCUT2D eigenvalue weighted by Crippen LogP contribution is 2.27. The quantitative estimate of drug-likeness (QED) is 0.836. The molecule has 6 nitrogen and oxygen atoms in total. The molecule has 0 aliphatic carbocycles. The summed E-state index contributed by atoms with van der Waals surface area (Å²) in [5, 5.41) is 9.14. The summed E-state index contributed by atoms with van der Waals surface area (Å²) in [6, 6.07) is 7.73. The Morgan fingerprint density at radius 2 is 1.72 bits per heavy atom. The van der Waals surface area contributed by atoms with E-state index >= 15 is 0 Å². The first-order valence-corrected chi connectivity index (χ1v) is 8.19. The molecule has 2 aromatic rings. The third-order valence-corrected chi connectivity index (χ3v) is 4.47. The van der Waals surface area contributed by atoms with E-state index in [-0.39, 0.29) is 16.1 Å². The van der Waals surface area contributed by atoms with Crippen LogP contribution in [0.3, 0.4) is 0 Å². The monoisotopic (exact) mass is 375 g/mol. The van der Waals surface area contributed by atoms with Crippen LogP contribution in [0.5, 0.6) is 5.75 Å². The third-order valence-electron chi connectivity index (χ3n) is 3.11. The van der Waals surface area contributed by atoms with Gasteiger partial charge in [-0.2, -0.15) is 0 Å². The molecule has 2 N–H and O–H groups in total. The van der Waals surface area contributed by atoms with Crippen LogP contribution >= 0.6 is 0 Å². The van der Waals surface area contributed by atoms with Crippen molar-refractivity contribution in [3.8, 4) is 5.75 Å². The van der Waals surface area contributed by atoms with Crippen molar-refractivity contribution in [1.29, 1.82) is 0 Å². The molecule has 0 fully saturated rings. The first-order valence-electron chi connectivity index (χ1n) is 6.71. The summed E-state index contributed by atoms with van der Waals surface area (Å²) < 4.78 is 66.9. The number of rotatable bonds is 5. The summed E-state index contributed by atoms with van der Waals surface area (Å²) in [7, 11) is -4.20. The highest BCUT2D eigenvalue weighted by molar-refractivity contribution is 7.92. The van der Waals surface area contributed by atoms with Gasteiger partial charge < -0.3 is 9.84 Å². The molecule has 10 heteroatoms. The van der Waals surface area contributed by atoms with E-state index in [0.717, 1.165) is 24.3 Å². The van der Waals surface area contributed by atoms with Gasteiger partial charge in [-0.15, -0.1) is 13.2 Å². The molecule has 0 aromatic heterocycles. The second-order valence-corrected chi connectivity index (χ2v) is 6.61. The van der Waals surface area contributed by atoms with Gasteiger partial charge in [0.25, 0.3) is 10.0 Å². The lowest BCUT2D eigenvalue weighted by molar-refractivity contribution is -0.274. The lowest BCUT2D eigenvalue weighted by Gasteiger charge is -2.14. The fraction of sp³-hybridized carbons (Fsp3) is 0.133. The fourth-order valence-electron chi connectivity index (χ4n) is 2.00. The first kappa shape index (κ1) is 18.6. The van der Waals surface area contributed by atoms with Gasteiger partial charge in [-0.1, -0.05) is 12.1 Å². The molecule has 0 atom stereocenters. The van der Waals surface area contributed by atoms with Crippen molar-refractivity contribution in [2.24, 2.45) is 0 Å². The number of alkyl halides is 3. The number of nitrogens with one attached hydrogen (secondary N) is 1. The molecule has 134 valence electrons. The number of para-hydroxylation sites is 1. The molecule has 25 heavy (non-hydrogen) atoms. The van der Waals surface area contributed by atoms with Crippen molar-refractivity contribution < 1.29 is 36.2 Å². The van der Waals surface area contributed by atoms with Gasteiger partial charge in [-0.3, -0.25) is 4.72 Å². The van der Waals surface area contributed by atoms with E-state index in [0.29, 0.717) is 5.56 Å². The number of carbonyl (C=O) groups is 1. The van der Waals surface area contributed by atoms with Crippen molar-refractivity contribution in [2.75, 3.05) is 4.72 Å². The Morgan fingerprint density at radius 3 is 2.24 bits per heavy atom. The maximum Gasteiger partial charge on any atom is 0.573 e. The van der Waals surface area contributed by atoms with Gasteiger partial charge >= 0.3 is 12.3 Å². The second kappa shape index (κ2) is 6.63. The molecule has 0 aliphatic rings. The van der Waals surface area contributed by atoms with Crippen LogP contribution in [-0.4, -0.2) is 25.9 Å². The number of hydrogen-bond donors (Lipinski definition) is 2. The minimum atomic E-state index is -4.89. The molecule has 0 unspecified atom stereocenters. The maximum atomic E-state index is 12.4. The smallest absolute Gasteiger partial charge is 0.478 e. The molecule has 0 radical (unpaired) electrons. The van der Waals surface area contributed by atoms with Gasteiger partial charge in [0.05, 0.1) is 16.1 Å². The zero-order valence-corrected chi connectivity index (χ0v) is 13.5. The van der Waals surface area contributed by atoms with Gasteiger partial charge in [0, 0.05) is 0 Å². The van der Waals surface area contributed by atoms with E-state index in [2.05, 4.69) is 9.46 Å². The number of benzene rings is 2. The van der Waals surface area contributed by atoms with Crippen molar-refractivity contribution >= 4 is 21.7 Å². The highest BCUT2D eigenvalue weighted by Gasteiger charge is 2.31. The minimum absolute atomic E-state index is 0.120. The number of halogens is 3. The maximum absolute atomic E-state index is 12.4. The Balaban J connectivity index is 2.33. The van der Waals surface area contributed by atoms with E-state index in [9.17, 15) is 26.4 Å². The largest absolute Gasteiger partial charge is 0.573 e. The zero-order valence-electron chi connectivity index (χ0n) is 12.7. The summed E-state index contributed by atoms with van der Waals surface area (Å²) in [6.07, 6.45) is -4.89. The molecule has 2 rings (SSSR count). The second-order valence-electron chi connectivity index (χ2n) is 4.93. The van der Waals surface area contributed by atoms with Gasteiger partial charge in [0.2, 0.25) is 0 Å². The summed E-state index contributed by atoms with van der Waals surface area (Å²) in [6.45, 7) is 1.52. The first-order chi connectivity index (χ1) is 11.5. The van der Waals surface area contributed by atoms with Crippen LogP contribution in [0.15, 0.2) is 47.4 Å². The standard InChI is InChI=1S/C15H12F3NO5S/c1-9-3-2-4-12(14(20)21)13(9)19-25(22,23)11-7-5-10(6-8-11)24-15(16,17)18/h2-8,19H,1H3,(H,20,21). The number of aromatic carboxylic acids is 1. The summed E-state index contributed by atoms with van der Waals surface area (Å²) in [5.74, 6) is -1.90. The molecule has 0 aliphatic heterocycles. The number of anilines is 1. The van der Waals surface area contributed by atoms with Crippen LogP contribution < -0.4 is 9.46 Å². The molecular formula is C15H12F3NO5S. The number of carboxylic acids is 1. The van der Waals surface area contributed by atoms with E-state index in [1.165, 1.54) is 25.1 Å². The minimum Gasteiger partial charge on any atom is -0.478 e. The van der Waals surface area contributed by atoms with Crippen molar-refractivity contribution in [2.45, 2.75) is 18.2 Å². The predicted octanol–water partition coefficient (Wildman–Crippen LogP) is 3.39. The Kier molecular flexibility index (Phi) is 4.93. The number of carboxylic acid groups (broad SMARTS) is 1. The predicted molar refractivity (Wildman–Crippen MR) is 82.1 cm³/mol. The molecular weight excluding hydrogens is 363 g/mol. The Labute approximate surface area is 140 Å². The summed E-state index contributed by atoms with van der Waals surface area (Å²) >= 11 is 0. The van der Waals surface area contributed by atoms with E-state index in [4.69, 9.17) is 5.11 Å². The van der Waals surface area contributed by atoms with Crippen LogP contribution in [-0.2, 0) is 10.0 Å². The highest BCUT2D eigenvalue weighted by atomic mass is 32.2. The zero-order chi connectivity index (χ0) is 18.8. The third kappa shape index (κ3) is 4.63. The van der Waals surface area contributed by atoms with E-state index in [1.807, 2.05) is 0 Å². The fourth-order valence-corrected chi connectivity index (χ4v) is 3.15. The SMILES string of the molecule is Cc1cccc(C(=O)O)c1NS(=O)(=O)c1ccc(OC(F)(F)F)cc1. The molecule has 0 spiro atoms. The normalized spacial score (nSPS) is 11.8. The Bertz CT molecular complexity index is 892. The molecule has 0 saturated heterocycles. The lowest BCUT2D eigenvalue weighted by Crippen LogP contribution is -2.18. The Hall–Kier alpha value is -2.75.